The van der Waals surface area contributed by atoms with Gasteiger partial charge in [0.25, 0.3) is 5.56 Å². The second kappa shape index (κ2) is 7.61. The first-order chi connectivity index (χ1) is 15.8. The monoisotopic (exact) mass is 455 g/mol. The van der Waals surface area contributed by atoms with Gasteiger partial charge in [-0.2, -0.15) is 18.3 Å². The van der Waals surface area contributed by atoms with Crippen LogP contribution in [-0.4, -0.2) is 33.7 Å². The van der Waals surface area contributed by atoms with Crippen molar-refractivity contribution < 1.29 is 13.2 Å². The molecule has 0 amide bonds. The number of fused-ring (bicyclic) bond motifs is 3. The molecule has 5 rings (SSSR count). The zero-order valence-electron chi connectivity index (χ0n) is 17.9. The summed E-state index contributed by atoms with van der Waals surface area (Å²) < 4.78 is 44.0. The van der Waals surface area contributed by atoms with E-state index in [1.165, 1.54) is 10.7 Å². The van der Waals surface area contributed by atoms with E-state index in [2.05, 4.69) is 20.1 Å². The maximum Gasteiger partial charge on any atom is 0.416 e. The van der Waals surface area contributed by atoms with Gasteiger partial charge in [-0.05, 0) is 31.0 Å². The molecule has 170 valence electrons. The van der Waals surface area contributed by atoms with E-state index in [9.17, 15) is 18.0 Å². The molecule has 1 N–H and O–H groups in total. The molecule has 8 nitrogen and oxygen atoms in total. The molecule has 1 aromatic carbocycles. The Kier molecular flexibility index (Phi) is 4.84. The highest BCUT2D eigenvalue weighted by Gasteiger charge is 2.30. The standard InChI is InChI=1S/C22H20F3N7O/c1-3-7-31-20(33)17-19(32-13(2)9-26-21(31)32)29-18(28-17)15-10-27-30(12-15)11-14-5-4-6-16(8-14)22(23,24)25/h4-6,8-10,12H,3,7,11H2,1-2H3,(H,28,29). The Morgan fingerprint density at radius 2 is 2.00 bits per heavy atom. The van der Waals surface area contributed by atoms with Crippen LogP contribution in [0.4, 0.5) is 13.2 Å². The lowest BCUT2D eigenvalue weighted by Gasteiger charge is -2.08. The molecule has 33 heavy (non-hydrogen) atoms. The van der Waals surface area contributed by atoms with Crippen molar-refractivity contribution >= 4 is 16.9 Å². The molecule has 5 aromatic rings. The first kappa shape index (κ1) is 21.0. The first-order valence-electron chi connectivity index (χ1n) is 10.4. The lowest BCUT2D eigenvalue weighted by atomic mass is 10.1. The quantitative estimate of drug-likeness (QED) is 0.434. The number of hydrogen-bond acceptors (Lipinski definition) is 4. The van der Waals surface area contributed by atoms with Gasteiger partial charge in [0.15, 0.2) is 11.2 Å². The number of rotatable bonds is 5. The summed E-state index contributed by atoms with van der Waals surface area (Å²) >= 11 is 0. The number of nitrogens with one attached hydrogen (secondary N) is 1. The van der Waals surface area contributed by atoms with Crippen molar-refractivity contribution in [3.63, 3.8) is 0 Å². The molecule has 0 spiro atoms. The van der Waals surface area contributed by atoms with E-state index < -0.39 is 11.7 Å². The van der Waals surface area contributed by atoms with Gasteiger partial charge in [0.1, 0.15) is 5.82 Å². The number of H-pyrrole nitrogens is 1. The summed E-state index contributed by atoms with van der Waals surface area (Å²) in [6.07, 6.45) is 1.31. The number of aryl methyl sites for hydroxylation is 2. The summed E-state index contributed by atoms with van der Waals surface area (Å²) in [5, 5.41) is 4.26. The molecule has 0 radical (unpaired) electrons. The van der Waals surface area contributed by atoms with Crippen LogP contribution >= 0.6 is 0 Å². The van der Waals surface area contributed by atoms with Crippen molar-refractivity contribution in [2.75, 3.05) is 0 Å². The summed E-state index contributed by atoms with van der Waals surface area (Å²) in [6.45, 7) is 4.57. The van der Waals surface area contributed by atoms with Gasteiger partial charge in [0.05, 0.1) is 30.1 Å². The predicted octanol–water partition coefficient (Wildman–Crippen LogP) is 4.02. The minimum atomic E-state index is -4.40. The summed E-state index contributed by atoms with van der Waals surface area (Å²) in [6, 6.07) is 5.14. The highest BCUT2D eigenvalue weighted by molar-refractivity contribution is 5.77. The molecular formula is C22H20F3N7O. The molecule has 0 aliphatic heterocycles. The van der Waals surface area contributed by atoms with E-state index in [4.69, 9.17) is 0 Å². The molecule has 0 saturated heterocycles. The number of aromatic amines is 1. The topological polar surface area (TPSA) is 85.8 Å². The Hall–Kier alpha value is -3.89. The van der Waals surface area contributed by atoms with Crippen LogP contribution in [0, 0.1) is 6.92 Å². The van der Waals surface area contributed by atoms with Gasteiger partial charge in [-0.15, -0.1) is 0 Å². The molecule has 11 heteroatoms. The normalized spacial score (nSPS) is 12.3. The summed E-state index contributed by atoms with van der Waals surface area (Å²) in [4.78, 5) is 25.2. The largest absolute Gasteiger partial charge is 0.416 e. The second-order valence-corrected chi connectivity index (χ2v) is 7.90. The van der Waals surface area contributed by atoms with Crippen molar-refractivity contribution in [1.82, 2.24) is 33.7 Å². The molecule has 0 atom stereocenters. The predicted molar refractivity (Wildman–Crippen MR) is 116 cm³/mol. The van der Waals surface area contributed by atoms with Crippen molar-refractivity contribution in [2.24, 2.45) is 0 Å². The van der Waals surface area contributed by atoms with Crippen LogP contribution in [0.2, 0.25) is 0 Å². The van der Waals surface area contributed by atoms with Gasteiger partial charge in [0.2, 0.25) is 5.78 Å². The fourth-order valence-electron chi connectivity index (χ4n) is 3.94. The smallest absolute Gasteiger partial charge is 0.332 e. The highest BCUT2D eigenvalue weighted by Crippen LogP contribution is 2.29. The zero-order chi connectivity index (χ0) is 23.3. The average Bonchev–Trinajstić information content (AvgIpc) is 3.49. The maximum absolute atomic E-state index is 13.1. The number of aromatic nitrogens is 7. The number of nitrogens with zero attached hydrogens (tertiary/aromatic N) is 6. The van der Waals surface area contributed by atoms with E-state index in [0.717, 1.165) is 24.2 Å². The number of hydrogen-bond donors (Lipinski definition) is 1. The van der Waals surface area contributed by atoms with Crippen molar-refractivity contribution in [3.8, 4) is 11.4 Å². The molecule has 4 heterocycles. The third-order valence-electron chi connectivity index (χ3n) is 5.47. The number of imidazole rings is 2. The second-order valence-electron chi connectivity index (χ2n) is 7.90. The van der Waals surface area contributed by atoms with Crippen molar-refractivity contribution in [1.29, 1.82) is 0 Å². The molecule has 4 aromatic heterocycles. The Bertz CT molecular complexity index is 1540. The molecule has 0 aliphatic carbocycles. The third-order valence-corrected chi connectivity index (χ3v) is 5.47. The lowest BCUT2D eigenvalue weighted by Crippen LogP contribution is -2.23. The van der Waals surface area contributed by atoms with Gasteiger partial charge >= 0.3 is 6.18 Å². The molecule has 0 aliphatic rings. The van der Waals surface area contributed by atoms with E-state index in [1.807, 2.05) is 18.2 Å². The van der Waals surface area contributed by atoms with Crippen LogP contribution in [0.25, 0.3) is 28.3 Å². The van der Waals surface area contributed by atoms with Crippen LogP contribution in [-0.2, 0) is 19.3 Å². The van der Waals surface area contributed by atoms with Crippen LogP contribution in [0.3, 0.4) is 0 Å². The Morgan fingerprint density at radius 3 is 2.76 bits per heavy atom. The van der Waals surface area contributed by atoms with E-state index in [-0.39, 0.29) is 12.1 Å². The number of halogens is 3. The summed E-state index contributed by atoms with van der Waals surface area (Å²) in [5.74, 6) is 0.978. The fraction of sp³-hybridized carbons (Fsp3) is 0.273. The summed E-state index contributed by atoms with van der Waals surface area (Å²) in [5.41, 5.74) is 1.86. The molecule has 0 bridgehead atoms. The average molecular weight is 455 g/mol. The molecule has 0 unspecified atom stereocenters. The zero-order valence-corrected chi connectivity index (χ0v) is 17.9. The van der Waals surface area contributed by atoms with Crippen molar-refractivity contribution in [2.45, 2.75) is 39.5 Å². The minimum absolute atomic E-state index is 0.165. The first-order valence-corrected chi connectivity index (χ1v) is 10.4. The van der Waals surface area contributed by atoms with Gasteiger partial charge < -0.3 is 4.98 Å². The number of benzene rings is 1. The summed E-state index contributed by atoms with van der Waals surface area (Å²) in [7, 11) is 0. The van der Waals surface area contributed by atoms with Gasteiger partial charge in [-0.3, -0.25) is 18.4 Å². The molecule has 0 fully saturated rings. The van der Waals surface area contributed by atoms with E-state index >= 15 is 0 Å². The van der Waals surface area contributed by atoms with Gasteiger partial charge in [-0.1, -0.05) is 19.1 Å². The Labute approximate surface area is 185 Å². The fourth-order valence-corrected chi connectivity index (χ4v) is 3.94. The third kappa shape index (κ3) is 3.59. The highest BCUT2D eigenvalue weighted by atomic mass is 19.4. The SMILES string of the molecule is CCCn1c(=O)c2[nH]c(-c3cnn(Cc4cccc(C(F)(F)F)c4)c3)nc2n2c(C)cnc12. The lowest BCUT2D eigenvalue weighted by molar-refractivity contribution is -0.137. The van der Waals surface area contributed by atoms with E-state index in [1.54, 1.807) is 29.2 Å². The van der Waals surface area contributed by atoms with Gasteiger partial charge in [-0.25, -0.2) is 9.97 Å². The van der Waals surface area contributed by atoms with Crippen molar-refractivity contribution in [3.05, 3.63) is 70.0 Å². The number of alkyl halides is 3. The van der Waals surface area contributed by atoms with Gasteiger partial charge in [0, 0.05) is 18.4 Å². The van der Waals surface area contributed by atoms with Crippen LogP contribution in [0.5, 0.6) is 0 Å². The Morgan fingerprint density at radius 1 is 1.18 bits per heavy atom. The van der Waals surface area contributed by atoms with Crippen LogP contribution in [0.1, 0.15) is 30.2 Å². The van der Waals surface area contributed by atoms with E-state index in [0.29, 0.717) is 40.4 Å². The Balaban J connectivity index is 1.54. The van der Waals surface area contributed by atoms with Crippen LogP contribution < -0.4 is 5.56 Å². The molecule has 0 saturated carbocycles. The minimum Gasteiger partial charge on any atom is -0.332 e. The molecular weight excluding hydrogens is 435 g/mol. The maximum atomic E-state index is 13.1. The van der Waals surface area contributed by atoms with Crippen LogP contribution in [0.15, 0.2) is 47.7 Å².